The van der Waals surface area contributed by atoms with Gasteiger partial charge in [0.1, 0.15) is 4.90 Å². The van der Waals surface area contributed by atoms with Crippen LogP contribution in [0.25, 0.3) is 0 Å². The number of piperidine rings is 1. The lowest BCUT2D eigenvalue weighted by atomic mass is 9.99. The van der Waals surface area contributed by atoms with Crippen LogP contribution in [0.15, 0.2) is 23.1 Å². The Morgan fingerprint density at radius 2 is 2.05 bits per heavy atom. The highest BCUT2D eigenvalue weighted by molar-refractivity contribution is 7.89. The molecule has 1 atom stereocenters. The lowest BCUT2D eigenvalue weighted by molar-refractivity contribution is 0.447. The summed E-state index contributed by atoms with van der Waals surface area (Å²) in [5.41, 5.74) is 7.33. The third-order valence-electron chi connectivity index (χ3n) is 3.80. The predicted molar refractivity (Wildman–Crippen MR) is 82.3 cm³/mol. The molecule has 1 unspecified atom stereocenters. The Balaban J connectivity index is 2.42. The van der Waals surface area contributed by atoms with Crippen LogP contribution in [0.4, 0.5) is 11.4 Å². The second-order valence-electron chi connectivity index (χ2n) is 5.67. The zero-order valence-electron chi connectivity index (χ0n) is 12.3. The van der Waals surface area contributed by atoms with Gasteiger partial charge in [-0.05, 0) is 30.9 Å². The average molecular weight is 297 g/mol. The highest BCUT2D eigenvalue weighted by atomic mass is 32.2. The van der Waals surface area contributed by atoms with E-state index in [0.717, 1.165) is 25.2 Å². The number of rotatable bonds is 3. The molecular weight excluding hydrogens is 274 g/mol. The van der Waals surface area contributed by atoms with Crippen LogP contribution in [0.2, 0.25) is 0 Å². The van der Waals surface area contributed by atoms with E-state index in [1.807, 2.05) is 6.07 Å². The van der Waals surface area contributed by atoms with Crippen LogP contribution in [-0.4, -0.2) is 39.9 Å². The quantitative estimate of drug-likeness (QED) is 0.863. The molecule has 1 aliphatic heterocycles. The highest BCUT2D eigenvalue weighted by Crippen LogP contribution is 2.33. The van der Waals surface area contributed by atoms with Gasteiger partial charge < -0.3 is 10.6 Å². The van der Waals surface area contributed by atoms with Gasteiger partial charge in [-0.3, -0.25) is 0 Å². The maximum atomic E-state index is 12.3. The van der Waals surface area contributed by atoms with E-state index in [-0.39, 0.29) is 4.90 Å². The number of benzene rings is 1. The smallest absolute Gasteiger partial charge is 0.244 e. The molecule has 2 N–H and O–H groups in total. The molecule has 0 radical (unpaired) electrons. The third-order valence-corrected chi connectivity index (χ3v) is 5.67. The maximum absolute atomic E-state index is 12.3. The second-order valence-corrected chi connectivity index (χ2v) is 7.79. The van der Waals surface area contributed by atoms with Gasteiger partial charge in [0, 0.05) is 27.2 Å². The first kappa shape index (κ1) is 15.1. The van der Waals surface area contributed by atoms with E-state index in [1.54, 1.807) is 12.1 Å². The lowest BCUT2D eigenvalue weighted by Crippen LogP contribution is -2.35. The molecule has 5 nitrogen and oxygen atoms in total. The van der Waals surface area contributed by atoms with Crippen LogP contribution in [0.1, 0.15) is 19.8 Å². The van der Waals surface area contributed by atoms with E-state index < -0.39 is 10.0 Å². The molecule has 0 bridgehead atoms. The molecule has 1 aromatic rings. The number of nitrogens with two attached hydrogens (primary N) is 1. The van der Waals surface area contributed by atoms with Crippen LogP contribution < -0.4 is 10.6 Å². The summed E-state index contributed by atoms with van der Waals surface area (Å²) >= 11 is 0. The Bertz CT molecular complexity index is 584. The van der Waals surface area contributed by atoms with Crippen LogP contribution in [0, 0.1) is 5.92 Å². The normalized spacial score (nSPS) is 20.4. The van der Waals surface area contributed by atoms with Crippen LogP contribution in [-0.2, 0) is 10.0 Å². The van der Waals surface area contributed by atoms with E-state index >= 15 is 0 Å². The van der Waals surface area contributed by atoms with Crippen LogP contribution in [0.5, 0.6) is 0 Å². The van der Waals surface area contributed by atoms with Gasteiger partial charge in [-0.15, -0.1) is 0 Å². The first-order chi connectivity index (χ1) is 9.34. The molecule has 6 heteroatoms. The monoisotopic (exact) mass is 297 g/mol. The van der Waals surface area contributed by atoms with Gasteiger partial charge in [0.05, 0.1) is 11.4 Å². The summed E-state index contributed by atoms with van der Waals surface area (Å²) in [5, 5.41) is 0. The van der Waals surface area contributed by atoms with Gasteiger partial charge in [-0.2, -0.15) is 0 Å². The molecule has 0 saturated carbocycles. The van der Waals surface area contributed by atoms with Gasteiger partial charge in [0.25, 0.3) is 0 Å². The fraction of sp³-hybridized carbons (Fsp3) is 0.571. The summed E-state index contributed by atoms with van der Waals surface area (Å²) in [6.07, 6.45) is 2.33. The fourth-order valence-corrected chi connectivity index (χ4v) is 3.66. The number of para-hydroxylation sites is 1. The molecule has 0 aromatic heterocycles. The highest BCUT2D eigenvalue weighted by Gasteiger charge is 2.25. The number of sulfonamides is 1. The largest absolute Gasteiger partial charge is 0.396 e. The van der Waals surface area contributed by atoms with Gasteiger partial charge in [-0.25, -0.2) is 12.7 Å². The van der Waals surface area contributed by atoms with Gasteiger partial charge in [0.2, 0.25) is 10.0 Å². The Kier molecular flexibility index (Phi) is 4.25. The Labute approximate surface area is 121 Å². The number of nitrogen functional groups attached to an aromatic ring is 1. The zero-order valence-corrected chi connectivity index (χ0v) is 13.2. The Morgan fingerprint density at radius 1 is 1.35 bits per heavy atom. The third kappa shape index (κ3) is 2.76. The van der Waals surface area contributed by atoms with Gasteiger partial charge in [0.15, 0.2) is 0 Å². The zero-order chi connectivity index (χ0) is 14.9. The minimum absolute atomic E-state index is 0.193. The summed E-state index contributed by atoms with van der Waals surface area (Å²) in [4.78, 5) is 2.39. The van der Waals surface area contributed by atoms with E-state index in [2.05, 4.69) is 11.8 Å². The molecule has 1 saturated heterocycles. The SMILES string of the molecule is CC1CCCN(c2cccc(S(=O)(=O)N(C)C)c2N)C1. The van der Waals surface area contributed by atoms with E-state index in [4.69, 9.17) is 5.73 Å². The van der Waals surface area contributed by atoms with Crippen molar-refractivity contribution in [3.8, 4) is 0 Å². The van der Waals surface area contributed by atoms with Crippen molar-refractivity contribution in [1.29, 1.82) is 0 Å². The Hall–Kier alpha value is -1.27. The molecule has 20 heavy (non-hydrogen) atoms. The molecular formula is C14H23N3O2S. The fourth-order valence-electron chi connectivity index (χ4n) is 2.64. The first-order valence-electron chi connectivity index (χ1n) is 6.90. The van der Waals surface area contributed by atoms with Crippen molar-refractivity contribution in [2.45, 2.75) is 24.7 Å². The molecule has 0 amide bonds. The first-order valence-corrected chi connectivity index (χ1v) is 8.34. The van der Waals surface area contributed by atoms with Crippen molar-refractivity contribution >= 4 is 21.4 Å². The molecule has 1 fully saturated rings. The maximum Gasteiger partial charge on any atom is 0.244 e. The topological polar surface area (TPSA) is 66.6 Å². The molecule has 0 aliphatic carbocycles. The van der Waals surface area contributed by atoms with E-state index in [9.17, 15) is 8.42 Å². The molecule has 1 aromatic carbocycles. The average Bonchev–Trinajstić information content (AvgIpc) is 2.38. The summed E-state index contributed by atoms with van der Waals surface area (Å²) in [6.45, 7) is 4.07. The summed E-state index contributed by atoms with van der Waals surface area (Å²) in [5.74, 6) is 0.609. The molecule has 1 heterocycles. The van der Waals surface area contributed by atoms with Gasteiger partial charge >= 0.3 is 0 Å². The molecule has 1 aliphatic rings. The minimum Gasteiger partial charge on any atom is -0.396 e. The van der Waals surface area contributed by atoms with Crippen molar-refractivity contribution in [2.75, 3.05) is 37.8 Å². The van der Waals surface area contributed by atoms with E-state index in [1.165, 1.54) is 24.8 Å². The van der Waals surface area contributed by atoms with Crippen molar-refractivity contribution in [2.24, 2.45) is 5.92 Å². The summed E-state index contributed by atoms with van der Waals surface area (Å²) < 4.78 is 25.8. The van der Waals surface area contributed by atoms with Crippen molar-refractivity contribution in [1.82, 2.24) is 4.31 Å². The number of hydrogen-bond acceptors (Lipinski definition) is 4. The van der Waals surface area contributed by atoms with E-state index in [0.29, 0.717) is 11.6 Å². The minimum atomic E-state index is -3.50. The number of nitrogens with zero attached hydrogens (tertiary/aromatic N) is 2. The van der Waals surface area contributed by atoms with Crippen molar-refractivity contribution in [3.05, 3.63) is 18.2 Å². The predicted octanol–water partition coefficient (Wildman–Crippen LogP) is 1.76. The standard InChI is InChI=1S/C14H23N3O2S/c1-11-6-5-9-17(10-11)12-7-4-8-13(14(12)15)20(18,19)16(2)3/h4,7-8,11H,5-6,9-10,15H2,1-3H3. The molecule has 2 rings (SSSR count). The molecule has 112 valence electrons. The summed E-state index contributed by atoms with van der Waals surface area (Å²) in [7, 11) is -0.464. The van der Waals surface area contributed by atoms with Crippen molar-refractivity contribution < 1.29 is 8.42 Å². The summed E-state index contributed by atoms with van der Waals surface area (Å²) in [6, 6.07) is 5.24. The van der Waals surface area contributed by atoms with Crippen molar-refractivity contribution in [3.63, 3.8) is 0 Å². The van der Waals surface area contributed by atoms with Crippen LogP contribution >= 0.6 is 0 Å². The van der Waals surface area contributed by atoms with Gasteiger partial charge in [-0.1, -0.05) is 13.0 Å². The molecule has 0 spiro atoms. The Morgan fingerprint density at radius 3 is 2.65 bits per heavy atom. The lowest BCUT2D eigenvalue weighted by Gasteiger charge is -2.34. The second kappa shape index (κ2) is 5.61. The number of anilines is 2. The number of hydrogen-bond donors (Lipinski definition) is 1. The van der Waals surface area contributed by atoms with Crippen LogP contribution in [0.3, 0.4) is 0 Å².